The van der Waals surface area contributed by atoms with E-state index in [1.807, 2.05) is 73.8 Å². The summed E-state index contributed by atoms with van der Waals surface area (Å²) in [6.45, 7) is 3.64. The summed E-state index contributed by atoms with van der Waals surface area (Å²) >= 11 is 0. The third-order valence-corrected chi connectivity index (χ3v) is 7.46. The van der Waals surface area contributed by atoms with Crippen LogP contribution >= 0.6 is 0 Å². The molecule has 38 heavy (non-hydrogen) atoms. The number of methoxy groups -OCH3 is 1. The number of aryl methyl sites for hydroxylation is 1. The fourth-order valence-corrected chi connectivity index (χ4v) is 5.42. The number of hydrogen-bond acceptors (Lipinski definition) is 4. The van der Waals surface area contributed by atoms with E-state index in [0.717, 1.165) is 65.1 Å². The molecule has 4 aromatic rings. The number of carbonyl (C=O) groups is 1. The van der Waals surface area contributed by atoms with Gasteiger partial charge in [-0.25, -0.2) is 0 Å². The van der Waals surface area contributed by atoms with Gasteiger partial charge in [-0.15, -0.1) is 0 Å². The summed E-state index contributed by atoms with van der Waals surface area (Å²) in [5.74, 6) is -0.141. The molecule has 5 rings (SSSR count). The van der Waals surface area contributed by atoms with Gasteiger partial charge in [0.1, 0.15) is 0 Å². The average molecular weight is 506 g/mol. The molecule has 1 aliphatic heterocycles. The Kier molecular flexibility index (Phi) is 7.97. The molecule has 1 atom stereocenters. The minimum Gasteiger partial charge on any atom is -0.354 e. The molecule has 1 unspecified atom stereocenters. The van der Waals surface area contributed by atoms with Crippen LogP contribution in [-0.2, 0) is 16.0 Å². The monoisotopic (exact) mass is 505 g/mol. The maximum atomic E-state index is 14.1. The van der Waals surface area contributed by atoms with Crippen molar-refractivity contribution in [2.45, 2.75) is 38.3 Å². The molecule has 1 saturated heterocycles. The molecular weight excluding hydrogens is 470 g/mol. The first-order valence-electron chi connectivity index (χ1n) is 13.4. The second kappa shape index (κ2) is 11.7. The van der Waals surface area contributed by atoms with E-state index in [9.17, 15) is 4.79 Å². The smallest absolute Gasteiger partial charge is 0.272 e. The van der Waals surface area contributed by atoms with Crippen LogP contribution in [-0.4, -0.2) is 41.7 Å². The minimum absolute atomic E-state index is 0.141. The number of amides is 1. The Morgan fingerprint density at radius 3 is 2.29 bits per heavy atom. The van der Waals surface area contributed by atoms with Crippen LogP contribution in [0.2, 0.25) is 0 Å². The van der Waals surface area contributed by atoms with E-state index >= 15 is 0 Å². The SMILES string of the molecule is COC(Cc1ccccc1-c1ccccc1)(C(=O)Nc1ccc(-c2ccnc(C)c2)cc1)N1CCCCC1. The lowest BCUT2D eigenvalue weighted by molar-refractivity contribution is -0.169. The topological polar surface area (TPSA) is 54.5 Å². The Labute approximate surface area is 225 Å². The van der Waals surface area contributed by atoms with Crippen molar-refractivity contribution in [1.29, 1.82) is 0 Å². The lowest BCUT2D eigenvalue weighted by Crippen LogP contribution is -2.61. The Morgan fingerprint density at radius 1 is 0.868 bits per heavy atom. The number of carbonyl (C=O) groups excluding carboxylic acids is 1. The molecule has 1 aliphatic rings. The van der Waals surface area contributed by atoms with Crippen LogP contribution in [0.15, 0.2) is 97.2 Å². The highest BCUT2D eigenvalue weighted by molar-refractivity contribution is 5.97. The van der Waals surface area contributed by atoms with Crippen molar-refractivity contribution in [1.82, 2.24) is 9.88 Å². The first kappa shape index (κ1) is 25.8. The van der Waals surface area contributed by atoms with Gasteiger partial charge in [0, 0.05) is 44.2 Å². The molecule has 0 spiro atoms. The number of piperidine rings is 1. The molecule has 1 amide bonds. The summed E-state index contributed by atoms with van der Waals surface area (Å²) in [7, 11) is 1.66. The summed E-state index contributed by atoms with van der Waals surface area (Å²) in [6, 6.07) is 30.7. The summed E-state index contributed by atoms with van der Waals surface area (Å²) < 4.78 is 6.22. The van der Waals surface area contributed by atoms with Gasteiger partial charge in [-0.1, -0.05) is 73.2 Å². The van der Waals surface area contributed by atoms with Crippen LogP contribution < -0.4 is 5.32 Å². The Hall–Kier alpha value is -3.80. The number of rotatable bonds is 8. The van der Waals surface area contributed by atoms with Gasteiger partial charge in [0.2, 0.25) is 5.72 Å². The van der Waals surface area contributed by atoms with Gasteiger partial charge in [-0.3, -0.25) is 14.7 Å². The number of hydrogen-bond donors (Lipinski definition) is 1. The summed E-state index contributed by atoms with van der Waals surface area (Å²) in [4.78, 5) is 20.6. The zero-order chi connectivity index (χ0) is 26.4. The van der Waals surface area contributed by atoms with Gasteiger partial charge in [-0.05, 0) is 71.8 Å². The maximum absolute atomic E-state index is 14.1. The molecule has 0 radical (unpaired) electrons. The van der Waals surface area contributed by atoms with E-state index in [1.54, 1.807) is 7.11 Å². The number of benzene rings is 3. The Balaban J connectivity index is 1.45. The molecule has 194 valence electrons. The van der Waals surface area contributed by atoms with Crippen molar-refractivity contribution in [3.8, 4) is 22.3 Å². The molecule has 0 aliphatic carbocycles. The normalized spacial score (nSPS) is 15.5. The van der Waals surface area contributed by atoms with Crippen molar-refractivity contribution in [3.63, 3.8) is 0 Å². The largest absolute Gasteiger partial charge is 0.354 e. The van der Waals surface area contributed by atoms with Crippen LogP contribution in [0.5, 0.6) is 0 Å². The molecule has 0 bridgehead atoms. The Bertz CT molecular complexity index is 1360. The summed E-state index contributed by atoms with van der Waals surface area (Å²) in [5.41, 5.74) is 6.13. The predicted octanol–water partition coefficient (Wildman–Crippen LogP) is 6.73. The molecule has 2 heterocycles. The highest BCUT2D eigenvalue weighted by Gasteiger charge is 2.45. The molecule has 5 nitrogen and oxygen atoms in total. The average Bonchev–Trinajstić information content (AvgIpc) is 2.97. The van der Waals surface area contributed by atoms with Crippen molar-refractivity contribution >= 4 is 11.6 Å². The third-order valence-electron chi connectivity index (χ3n) is 7.46. The van der Waals surface area contributed by atoms with Crippen LogP contribution in [0.4, 0.5) is 5.69 Å². The van der Waals surface area contributed by atoms with Crippen LogP contribution in [0.3, 0.4) is 0 Å². The van der Waals surface area contributed by atoms with Gasteiger partial charge < -0.3 is 10.1 Å². The predicted molar refractivity (Wildman–Crippen MR) is 154 cm³/mol. The first-order valence-corrected chi connectivity index (χ1v) is 13.4. The molecule has 1 aromatic heterocycles. The zero-order valence-corrected chi connectivity index (χ0v) is 22.2. The number of nitrogens with one attached hydrogen (secondary N) is 1. The molecule has 3 aromatic carbocycles. The first-order chi connectivity index (χ1) is 18.6. The molecule has 5 heteroatoms. The molecular formula is C33H35N3O2. The summed E-state index contributed by atoms with van der Waals surface area (Å²) in [6.07, 6.45) is 5.56. The van der Waals surface area contributed by atoms with Crippen LogP contribution in [0.1, 0.15) is 30.5 Å². The van der Waals surface area contributed by atoms with Gasteiger partial charge in [0.25, 0.3) is 5.91 Å². The molecule has 0 saturated carbocycles. The quantitative estimate of drug-likeness (QED) is 0.288. The van der Waals surface area contributed by atoms with Crippen LogP contribution in [0, 0.1) is 6.92 Å². The second-order valence-electron chi connectivity index (χ2n) is 9.95. The van der Waals surface area contributed by atoms with Gasteiger partial charge in [0.05, 0.1) is 0 Å². The van der Waals surface area contributed by atoms with Crippen molar-refractivity contribution < 1.29 is 9.53 Å². The van der Waals surface area contributed by atoms with Gasteiger partial charge >= 0.3 is 0 Å². The van der Waals surface area contributed by atoms with E-state index in [2.05, 4.69) is 45.5 Å². The summed E-state index contributed by atoms with van der Waals surface area (Å²) in [5, 5.41) is 3.18. The third kappa shape index (κ3) is 5.54. The zero-order valence-electron chi connectivity index (χ0n) is 22.2. The second-order valence-corrected chi connectivity index (χ2v) is 9.95. The standard InChI is InChI=1S/C33H35N3O2/c1-25-23-28(19-20-34-25)26-15-17-30(18-16-26)35-32(37)33(38-2,36-21-9-4-10-22-36)24-29-13-7-8-14-31(29)27-11-5-3-6-12-27/h3,5-8,11-20,23H,4,9-10,21-22,24H2,1-2H3,(H,35,37). The van der Waals surface area contributed by atoms with Crippen LogP contribution in [0.25, 0.3) is 22.3 Å². The number of pyridine rings is 1. The highest BCUT2D eigenvalue weighted by atomic mass is 16.5. The molecule has 1 N–H and O–H groups in total. The van der Waals surface area contributed by atoms with Gasteiger partial charge in [-0.2, -0.15) is 0 Å². The van der Waals surface area contributed by atoms with Crippen molar-refractivity contribution in [2.75, 3.05) is 25.5 Å². The van der Waals surface area contributed by atoms with E-state index in [1.165, 1.54) is 6.42 Å². The lowest BCUT2D eigenvalue weighted by atomic mass is 9.91. The maximum Gasteiger partial charge on any atom is 0.272 e. The van der Waals surface area contributed by atoms with E-state index in [0.29, 0.717) is 6.42 Å². The Morgan fingerprint density at radius 2 is 1.58 bits per heavy atom. The number of likely N-dealkylation sites (tertiary alicyclic amines) is 1. The minimum atomic E-state index is -1.12. The fourth-order valence-electron chi connectivity index (χ4n) is 5.42. The van der Waals surface area contributed by atoms with Crippen molar-refractivity contribution in [2.24, 2.45) is 0 Å². The number of nitrogens with zero attached hydrogens (tertiary/aromatic N) is 2. The van der Waals surface area contributed by atoms with Gasteiger partial charge in [0.15, 0.2) is 0 Å². The van der Waals surface area contributed by atoms with E-state index in [-0.39, 0.29) is 5.91 Å². The number of ether oxygens (including phenoxy) is 1. The van der Waals surface area contributed by atoms with E-state index in [4.69, 9.17) is 4.74 Å². The van der Waals surface area contributed by atoms with Crippen molar-refractivity contribution in [3.05, 3.63) is 108 Å². The highest BCUT2D eigenvalue weighted by Crippen LogP contribution is 2.33. The number of aromatic nitrogens is 1. The fraction of sp³-hybridized carbons (Fsp3) is 0.273. The van der Waals surface area contributed by atoms with E-state index < -0.39 is 5.72 Å². The molecule has 1 fully saturated rings. The number of anilines is 1. The lowest BCUT2D eigenvalue weighted by Gasteiger charge is -2.43.